The molecule has 3 heteroatoms. The van der Waals surface area contributed by atoms with Crippen LogP contribution in [0.5, 0.6) is 0 Å². The van der Waals surface area contributed by atoms with Gasteiger partial charge in [-0.3, -0.25) is 4.99 Å². The SMILES string of the molecule is CC(C)c1ccc(N=Cc2cc(-c3ccccc3)n(-c3ccc(Cl)cc3)c2-c2ccccc2)cc1. The van der Waals surface area contributed by atoms with Crippen LogP contribution in [-0.4, -0.2) is 10.8 Å². The second-order valence-corrected chi connectivity index (χ2v) is 9.32. The third kappa shape index (κ3) is 4.99. The molecule has 0 fully saturated rings. The number of aromatic nitrogens is 1. The maximum absolute atomic E-state index is 6.24. The van der Waals surface area contributed by atoms with Crippen LogP contribution in [0.1, 0.15) is 30.9 Å². The van der Waals surface area contributed by atoms with E-state index in [0.29, 0.717) is 5.92 Å². The lowest BCUT2D eigenvalue weighted by molar-refractivity contribution is 0.867. The number of rotatable bonds is 6. The Morgan fingerprint density at radius 1 is 0.714 bits per heavy atom. The van der Waals surface area contributed by atoms with Gasteiger partial charge in [-0.2, -0.15) is 0 Å². The zero-order valence-corrected chi connectivity index (χ0v) is 20.7. The van der Waals surface area contributed by atoms with Crippen molar-refractivity contribution < 1.29 is 0 Å². The van der Waals surface area contributed by atoms with Crippen molar-refractivity contribution in [1.29, 1.82) is 0 Å². The Hall–Kier alpha value is -3.88. The fourth-order valence-electron chi connectivity index (χ4n) is 4.29. The van der Waals surface area contributed by atoms with Gasteiger partial charge in [-0.25, -0.2) is 0 Å². The summed E-state index contributed by atoms with van der Waals surface area (Å²) in [5.41, 5.74) is 8.81. The van der Waals surface area contributed by atoms with Gasteiger partial charge in [0.05, 0.1) is 17.1 Å². The first-order chi connectivity index (χ1) is 17.1. The molecule has 0 spiro atoms. The average molecular weight is 475 g/mol. The number of aliphatic imine (C=N–C) groups is 1. The monoisotopic (exact) mass is 474 g/mol. The molecule has 5 rings (SSSR count). The van der Waals surface area contributed by atoms with Crippen LogP contribution in [0.25, 0.3) is 28.2 Å². The summed E-state index contributed by atoms with van der Waals surface area (Å²) in [5.74, 6) is 0.500. The van der Waals surface area contributed by atoms with Gasteiger partial charge >= 0.3 is 0 Å². The zero-order chi connectivity index (χ0) is 24.2. The second-order valence-electron chi connectivity index (χ2n) is 8.88. The van der Waals surface area contributed by atoms with E-state index >= 15 is 0 Å². The average Bonchev–Trinajstić information content (AvgIpc) is 3.28. The quantitative estimate of drug-likeness (QED) is 0.218. The lowest BCUT2D eigenvalue weighted by Gasteiger charge is -2.15. The lowest BCUT2D eigenvalue weighted by Crippen LogP contribution is -2.00. The molecule has 35 heavy (non-hydrogen) atoms. The van der Waals surface area contributed by atoms with E-state index in [2.05, 4.69) is 109 Å². The molecule has 0 bridgehead atoms. The summed E-state index contributed by atoms with van der Waals surface area (Å²) in [6.07, 6.45) is 1.98. The summed E-state index contributed by atoms with van der Waals surface area (Å²) in [4.78, 5) is 4.86. The molecule has 4 aromatic carbocycles. The molecule has 0 aliphatic rings. The topological polar surface area (TPSA) is 17.3 Å². The largest absolute Gasteiger partial charge is 0.309 e. The van der Waals surface area contributed by atoms with E-state index in [1.54, 1.807) is 0 Å². The molecule has 1 aromatic heterocycles. The molecule has 0 unspecified atom stereocenters. The molecule has 0 amide bonds. The minimum absolute atomic E-state index is 0.500. The van der Waals surface area contributed by atoms with Crippen LogP contribution in [0.3, 0.4) is 0 Å². The Morgan fingerprint density at radius 2 is 1.31 bits per heavy atom. The Kier molecular flexibility index (Phi) is 6.65. The molecular weight excluding hydrogens is 448 g/mol. The van der Waals surface area contributed by atoms with Crippen molar-refractivity contribution in [2.24, 2.45) is 4.99 Å². The molecule has 0 saturated heterocycles. The third-order valence-corrected chi connectivity index (χ3v) is 6.40. The van der Waals surface area contributed by atoms with Crippen molar-refractivity contribution in [3.05, 3.63) is 131 Å². The van der Waals surface area contributed by atoms with E-state index in [4.69, 9.17) is 16.6 Å². The van der Waals surface area contributed by atoms with Crippen molar-refractivity contribution >= 4 is 23.5 Å². The summed E-state index contributed by atoms with van der Waals surface area (Å²) in [6, 6.07) is 39.6. The molecule has 1 heterocycles. The van der Waals surface area contributed by atoms with E-state index in [-0.39, 0.29) is 0 Å². The number of hydrogen-bond acceptors (Lipinski definition) is 1. The standard InChI is InChI=1S/C32H27ClN2/c1-23(2)24-13-17-29(18-14-24)34-22-27-21-31(25-9-5-3-6-10-25)35(30-19-15-28(33)16-20-30)32(27)26-11-7-4-8-12-26/h3-23H,1-2H3. The third-order valence-electron chi connectivity index (χ3n) is 6.14. The van der Waals surface area contributed by atoms with E-state index in [1.807, 2.05) is 30.5 Å². The molecule has 0 aliphatic heterocycles. The summed E-state index contributed by atoms with van der Waals surface area (Å²) in [7, 11) is 0. The maximum Gasteiger partial charge on any atom is 0.0630 e. The highest BCUT2D eigenvalue weighted by Gasteiger charge is 2.18. The highest BCUT2D eigenvalue weighted by molar-refractivity contribution is 6.30. The Morgan fingerprint density at radius 3 is 1.91 bits per heavy atom. The van der Waals surface area contributed by atoms with Crippen LogP contribution in [0.2, 0.25) is 5.02 Å². The lowest BCUT2D eigenvalue weighted by atomic mass is 10.0. The molecule has 0 saturated carbocycles. The molecule has 2 nitrogen and oxygen atoms in total. The van der Waals surface area contributed by atoms with Crippen molar-refractivity contribution in [3.8, 4) is 28.2 Å². The van der Waals surface area contributed by atoms with E-state index in [1.165, 1.54) is 5.56 Å². The second kappa shape index (κ2) is 10.2. The van der Waals surface area contributed by atoms with Gasteiger partial charge in [0.2, 0.25) is 0 Å². The van der Waals surface area contributed by atoms with Crippen molar-refractivity contribution in [2.45, 2.75) is 19.8 Å². The Bertz CT molecular complexity index is 1430. The van der Waals surface area contributed by atoms with Crippen molar-refractivity contribution in [3.63, 3.8) is 0 Å². The number of hydrogen-bond donors (Lipinski definition) is 0. The van der Waals surface area contributed by atoms with Gasteiger partial charge < -0.3 is 4.57 Å². The van der Waals surface area contributed by atoms with Crippen LogP contribution in [-0.2, 0) is 0 Å². The zero-order valence-electron chi connectivity index (χ0n) is 19.9. The highest BCUT2D eigenvalue weighted by atomic mass is 35.5. The molecule has 5 aromatic rings. The summed E-state index contributed by atoms with van der Waals surface area (Å²) in [5, 5.41) is 0.718. The fourth-order valence-corrected chi connectivity index (χ4v) is 4.41. The van der Waals surface area contributed by atoms with Crippen molar-refractivity contribution in [2.75, 3.05) is 0 Å². The Balaban J connectivity index is 1.71. The molecule has 0 atom stereocenters. The van der Waals surface area contributed by atoms with Gasteiger partial charge in [-0.15, -0.1) is 0 Å². The molecule has 0 aliphatic carbocycles. The van der Waals surface area contributed by atoms with Gasteiger partial charge in [0.1, 0.15) is 0 Å². The molecular formula is C32H27ClN2. The summed E-state index contributed by atoms with van der Waals surface area (Å²) >= 11 is 6.24. The maximum atomic E-state index is 6.24. The number of halogens is 1. The van der Waals surface area contributed by atoms with Crippen LogP contribution >= 0.6 is 11.6 Å². The normalized spacial score (nSPS) is 11.4. The summed E-state index contributed by atoms with van der Waals surface area (Å²) < 4.78 is 2.30. The number of benzene rings is 4. The van der Waals surface area contributed by atoms with Gasteiger partial charge in [0, 0.05) is 22.5 Å². The minimum Gasteiger partial charge on any atom is -0.309 e. The van der Waals surface area contributed by atoms with Crippen LogP contribution in [0, 0.1) is 0 Å². The fraction of sp³-hybridized carbons (Fsp3) is 0.0938. The first kappa shape index (κ1) is 22.9. The molecule has 0 radical (unpaired) electrons. The number of nitrogens with zero attached hydrogens (tertiary/aromatic N) is 2. The predicted octanol–water partition coefficient (Wildman–Crippen LogP) is 9.34. The summed E-state index contributed by atoms with van der Waals surface area (Å²) in [6.45, 7) is 4.41. The van der Waals surface area contributed by atoms with Crippen LogP contribution in [0.4, 0.5) is 5.69 Å². The van der Waals surface area contributed by atoms with Crippen molar-refractivity contribution in [1.82, 2.24) is 4.57 Å². The first-order valence-electron chi connectivity index (χ1n) is 11.9. The van der Waals surface area contributed by atoms with Gasteiger partial charge in [0.15, 0.2) is 0 Å². The van der Waals surface area contributed by atoms with E-state index < -0.39 is 0 Å². The van der Waals surface area contributed by atoms with Crippen LogP contribution < -0.4 is 0 Å². The smallest absolute Gasteiger partial charge is 0.0630 e. The van der Waals surface area contributed by atoms with Gasteiger partial charge in [-0.05, 0) is 65.1 Å². The van der Waals surface area contributed by atoms with Gasteiger partial charge in [0.25, 0.3) is 0 Å². The molecule has 172 valence electrons. The highest BCUT2D eigenvalue weighted by Crippen LogP contribution is 2.36. The minimum atomic E-state index is 0.500. The van der Waals surface area contributed by atoms with Crippen LogP contribution in [0.15, 0.2) is 120 Å². The first-order valence-corrected chi connectivity index (χ1v) is 12.2. The van der Waals surface area contributed by atoms with E-state index in [0.717, 1.165) is 44.5 Å². The molecule has 0 N–H and O–H groups in total. The Labute approximate surface area is 212 Å². The van der Waals surface area contributed by atoms with Gasteiger partial charge in [-0.1, -0.05) is 98.2 Å². The van der Waals surface area contributed by atoms with E-state index in [9.17, 15) is 0 Å². The predicted molar refractivity (Wildman–Crippen MR) is 149 cm³/mol.